The molecule has 74 valence electrons. The fourth-order valence-electron chi connectivity index (χ4n) is 1.20. The van der Waals surface area contributed by atoms with Crippen LogP contribution in [-0.2, 0) is 7.05 Å². The molecule has 0 saturated heterocycles. The molecule has 2 aromatic rings. The first-order valence-electron chi connectivity index (χ1n) is 4.28. The van der Waals surface area contributed by atoms with Gasteiger partial charge in [0.1, 0.15) is 0 Å². The zero-order valence-corrected chi connectivity index (χ0v) is 8.39. The van der Waals surface area contributed by atoms with E-state index in [0.29, 0.717) is 5.82 Å². The Kier molecular flexibility index (Phi) is 1.77. The summed E-state index contributed by atoms with van der Waals surface area (Å²) in [6, 6.07) is 1.93. The van der Waals surface area contributed by atoms with Gasteiger partial charge in [0.25, 0.3) is 0 Å². The van der Waals surface area contributed by atoms with Crippen LogP contribution in [0.5, 0.6) is 0 Å². The lowest BCUT2D eigenvalue weighted by atomic mass is 10.4. The summed E-state index contributed by atoms with van der Waals surface area (Å²) in [6.45, 7) is 3.84. The molecule has 2 heterocycles. The van der Waals surface area contributed by atoms with Crippen molar-refractivity contribution in [2.45, 2.75) is 13.8 Å². The lowest BCUT2D eigenvalue weighted by Crippen LogP contribution is -2.01. The first-order valence-corrected chi connectivity index (χ1v) is 4.28. The second-order valence-corrected chi connectivity index (χ2v) is 3.24. The van der Waals surface area contributed by atoms with Crippen molar-refractivity contribution in [2.24, 2.45) is 7.05 Å². The van der Waals surface area contributed by atoms with Crippen LogP contribution in [0.25, 0.3) is 5.82 Å². The highest BCUT2D eigenvalue weighted by Crippen LogP contribution is 2.12. The summed E-state index contributed by atoms with van der Waals surface area (Å²) in [5.74, 6) is 1.18. The molecule has 0 aromatic carbocycles. The summed E-state index contributed by atoms with van der Waals surface area (Å²) in [5, 5.41) is 12.0. The van der Waals surface area contributed by atoms with Crippen molar-refractivity contribution in [1.29, 1.82) is 0 Å². The molecule has 0 fully saturated rings. The normalized spacial score (nSPS) is 10.8. The quantitative estimate of drug-likeness (QED) is 0.700. The summed E-state index contributed by atoms with van der Waals surface area (Å²) in [7, 11) is 1.88. The summed E-state index contributed by atoms with van der Waals surface area (Å²) < 4.78 is 3.41. The first-order chi connectivity index (χ1) is 6.59. The Morgan fingerprint density at radius 1 is 1.36 bits per heavy atom. The third-order valence-electron chi connectivity index (χ3n) is 2.25. The maximum absolute atomic E-state index is 5.59. The minimum Gasteiger partial charge on any atom is -0.381 e. The maximum Gasteiger partial charge on any atom is 0.177 e. The van der Waals surface area contributed by atoms with Crippen molar-refractivity contribution >= 4 is 5.82 Å². The van der Waals surface area contributed by atoms with Crippen LogP contribution in [0.3, 0.4) is 0 Å². The fraction of sp³-hybridized carbons (Fsp3) is 0.375. The van der Waals surface area contributed by atoms with Gasteiger partial charge >= 0.3 is 0 Å². The molecule has 0 saturated carbocycles. The molecule has 0 amide bonds. The number of nitrogens with zero attached hydrogens (tertiary/aromatic N) is 5. The molecular formula is C8H12N6. The van der Waals surface area contributed by atoms with E-state index in [1.54, 1.807) is 9.36 Å². The van der Waals surface area contributed by atoms with Crippen molar-refractivity contribution in [3.8, 4) is 5.82 Å². The van der Waals surface area contributed by atoms with Crippen molar-refractivity contribution in [1.82, 2.24) is 24.8 Å². The van der Waals surface area contributed by atoms with E-state index in [4.69, 9.17) is 5.73 Å². The van der Waals surface area contributed by atoms with E-state index in [2.05, 4.69) is 15.4 Å². The van der Waals surface area contributed by atoms with Gasteiger partial charge in [0, 0.05) is 18.8 Å². The standard InChI is InChI=1S/C8H12N6/c1-5-4-7(11-13(5)3)14-6(2)8(9)10-12-14/h4H,9H2,1-3H3. The van der Waals surface area contributed by atoms with Crippen LogP contribution in [0.1, 0.15) is 11.4 Å². The minimum absolute atomic E-state index is 0.438. The molecule has 2 rings (SSSR count). The fourth-order valence-corrected chi connectivity index (χ4v) is 1.20. The predicted octanol–water partition coefficient (Wildman–Crippen LogP) is 0.200. The molecule has 0 atom stereocenters. The molecule has 0 aliphatic heterocycles. The van der Waals surface area contributed by atoms with E-state index in [-0.39, 0.29) is 0 Å². The van der Waals surface area contributed by atoms with Gasteiger partial charge in [-0.1, -0.05) is 5.21 Å². The first kappa shape index (κ1) is 8.74. The summed E-state index contributed by atoms with van der Waals surface area (Å²) in [6.07, 6.45) is 0. The highest BCUT2D eigenvalue weighted by atomic mass is 15.5. The summed E-state index contributed by atoms with van der Waals surface area (Å²) in [4.78, 5) is 0. The van der Waals surface area contributed by atoms with Gasteiger partial charge in [0.05, 0.1) is 5.69 Å². The van der Waals surface area contributed by atoms with Crippen LogP contribution in [-0.4, -0.2) is 24.8 Å². The maximum atomic E-state index is 5.59. The lowest BCUT2D eigenvalue weighted by molar-refractivity contribution is 0.696. The highest BCUT2D eigenvalue weighted by molar-refractivity contribution is 5.37. The van der Waals surface area contributed by atoms with E-state index < -0.39 is 0 Å². The number of nitrogen functional groups attached to an aromatic ring is 1. The van der Waals surface area contributed by atoms with Gasteiger partial charge in [-0.25, -0.2) is 0 Å². The summed E-state index contributed by atoms with van der Waals surface area (Å²) in [5.41, 5.74) is 7.47. The Morgan fingerprint density at radius 3 is 2.50 bits per heavy atom. The molecule has 6 nitrogen and oxygen atoms in total. The topological polar surface area (TPSA) is 74.6 Å². The van der Waals surface area contributed by atoms with Crippen molar-refractivity contribution in [3.63, 3.8) is 0 Å². The predicted molar refractivity (Wildman–Crippen MR) is 52.0 cm³/mol. The van der Waals surface area contributed by atoms with Crippen LogP contribution in [0.4, 0.5) is 5.82 Å². The van der Waals surface area contributed by atoms with E-state index >= 15 is 0 Å². The van der Waals surface area contributed by atoms with Gasteiger partial charge in [0.15, 0.2) is 11.6 Å². The number of hydrogen-bond donors (Lipinski definition) is 1. The van der Waals surface area contributed by atoms with Gasteiger partial charge in [0.2, 0.25) is 0 Å². The lowest BCUT2D eigenvalue weighted by Gasteiger charge is -1.96. The van der Waals surface area contributed by atoms with Crippen LogP contribution >= 0.6 is 0 Å². The van der Waals surface area contributed by atoms with Crippen LogP contribution < -0.4 is 5.73 Å². The van der Waals surface area contributed by atoms with Crippen LogP contribution in [0.15, 0.2) is 6.07 Å². The average molecular weight is 192 g/mol. The Labute approximate surface area is 81.3 Å². The highest BCUT2D eigenvalue weighted by Gasteiger charge is 2.10. The van der Waals surface area contributed by atoms with E-state index in [0.717, 1.165) is 17.2 Å². The third kappa shape index (κ3) is 1.15. The molecule has 2 aromatic heterocycles. The number of nitrogens with two attached hydrogens (primary N) is 1. The third-order valence-corrected chi connectivity index (χ3v) is 2.25. The zero-order valence-electron chi connectivity index (χ0n) is 8.39. The molecule has 0 bridgehead atoms. The van der Waals surface area contributed by atoms with Crippen molar-refractivity contribution < 1.29 is 0 Å². The van der Waals surface area contributed by atoms with Crippen LogP contribution in [0, 0.1) is 13.8 Å². The SMILES string of the molecule is Cc1cc(-n2nnc(N)c2C)nn1C. The van der Waals surface area contributed by atoms with Crippen LogP contribution in [0.2, 0.25) is 0 Å². The number of rotatable bonds is 1. The van der Waals surface area contributed by atoms with Gasteiger partial charge < -0.3 is 5.73 Å². The van der Waals surface area contributed by atoms with Gasteiger partial charge in [-0.05, 0) is 13.8 Å². The van der Waals surface area contributed by atoms with E-state index in [9.17, 15) is 0 Å². The number of aryl methyl sites for hydroxylation is 2. The average Bonchev–Trinajstić information content (AvgIpc) is 2.61. The largest absolute Gasteiger partial charge is 0.381 e. The Hall–Kier alpha value is -1.85. The Morgan fingerprint density at radius 2 is 2.07 bits per heavy atom. The molecule has 0 aliphatic rings. The van der Waals surface area contributed by atoms with Crippen molar-refractivity contribution in [2.75, 3.05) is 5.73 Å². The molecule has 2 N–H and O–H groups in total. The second kappa shape index (κ2) is 2.83. The zero-order chi connectivity index (χ0) is 10.3. The van der Waals surface area contributed by atoms with Gasteiger partial charge in [-0.15, -0.1) is 5.10 Å². The van der Waals surface area contributed by atoms with Gasteiger partial charge in [-0.2, -0.15) is 9.78 Å². The number of hydrogen-bond acceptors (Lipinski definition) is 4. The molecule has 0 radical (unpaired) electrons. The number of anilines is 1. The molecule has 0 spiro atoms. The molecule has 0 aliphatic carbocycles. The minimum atomic E-state index is 0.438. The summed E-state index contributed by atoms with van der Waals surface area (Å²) >= 11 is 0. The van der Waals surface area contributed by atoms with Gasteiger partial charge in [-0.3, -0.25) is 4.68 Å². The molecular weight excluding hydrogens is 180 g/mol. The molecule has 0 unspecified atom stereocenters. The Balaban J connectivity index is 2.54. The smallest absolute Gasteiger partial charge is 0.177 e. The van der Waals surface area contributed by atoms with E-state index in [1.165, 1.54) is 0 Å². The van der Waals surface area contributed by atoms with E-state index in [1.807, 2.05) is 27.0 Å². The monoisotopic (exact) mass is 192 g/mol. The second-order valence-electron chi connectivity index (χ2n) is 3.24. The number of aromatic nitrogens is 5. The molecule has 14 heavy (non-hydrogen) atoms. The Bertz CT molecular complexity index is 447. The molecule has 6 heteroatoms. The van der Waals surface area contributed by atoms with Crippen molar-refractivity contribution in [3.05, 3.63) is 17.5 Å².